The van der Waals surface area contributed by atoms with Crippen LogP contribution in [-0.2, 0) is 17.8 Å². The van der Waals surface area contributed by atoms with Gasteiger partial charge in [-0.3, -0.25) is 9.48 Å². The lowest BCUT2D eigenvalue weighted by atomic mass is 10.2. The molecule has 0 aliphatic carbocycles. The number of nitrogens with zero attached hydrogens (tertiary/aromatic N) is 5. The van der Waals surface area contributed by atoms with Gasteiger partial charge in [0.1, 0.15) is 11.9 Å². The number of carbonyl (C=O) groups is 1. The maximum absolute atomic E-state index is 12.3. The van der Waals surface area contributed by atoms with E-state index in [9.17, 15) is 4.79 Å². The van der Waals surface area contributed by atoms with Gasteiger partial charge in [0.05, 0.1) is 0 Å². The molecule has 1 N–H and O–H groups in total. The molecule has 1 amide bonds. The highest BCUT2D eigenvalue weighted by Crippen LogP contribution is 2.24. The summed E-state index contributed by atoms with van der Waals surface area (Å²) >= 11 is 0. The van der Waals surface area contributed by atoms with Crippen LogP contribution >= 0.6 is 0 Å². The van der Waals surface area contributed by atoms with Crippen molar-refractivity contribution >= 4 is 11.6 Å². The molecule has 1 atom stereocenters. The van der Waals surface area contributed by atoms with Gasteiger partial charge in [0.2, 0.25) is 5.91 Å². The quantitative estimate of drug-likeness (QED) is 0.799. The van der Waals surface area contributed by atoms with E-state index >= 15 is 0 Å². The topological polar surface area (TPSA) is 77.6 Å². The number of aryl methyl sites for hydroxylation is 1. The highest BCUT2D eigenvalue weighted by Gasteiger charge is 2.19. The lowest BCUT2D eigenvalue weighted by Gasteiger charge is -2.13. The number of benzene rings is 1. The minimum atomic E-state index is -0.362. The molecule has 0 unspecified atom stereocenters. The Morgan fingerprint density at radius 1 is 1.25 bits per heavy atom. The zero-order valence-corrected chi connectivity index (χ0v) is 13.4. The van der Waals surface area contributed by atoms with Crippen molar-refractivity contribution in [3.63, 3.8) is 0 Å². The second-order valence-corrected chi connectivity index (χ2v) is 5.92. The number of rotatable bonds is 4. The normalized spacial score (nSPS) is 14.4. The minimum absolute atomic E-state index is 0.102. The average Bonchev–Trinajstić information content (AvgIpc) is 3.32. The predicted molar refractivity (Wildman–Crippen MR) is 89.3 cm³/mol. The maximum atomic E-state index is 12.3. The third-order valence-corrected chi connectivity index (χ3v) is 4.32. The Labute approximate surface area is 139 Å². The summed E-state index contributed by atoms with van der Waals surface area (Å²) in [6.07, 6.45) is 5.55. The number of amides is 1. The minimum Gasteiger partial charge on any atom is -0.324 e. The molecule has 0 fully saturated rings. The van der Waals surface area contributed by atoms with Gasteiger partial charge in [0, 0.05) is 36.6 Å². The molecule has 3 aromatic rings. The van der Waals surface area contributed by atoms with Crippen LogP contribution in [0.15, 0.2) is 42.7 Å². The lowest BCUT2D eigenvalue weighted by Crippen LogP contribution is -2.23. The van der Waals surface area contributed by atoms with Crippen molar-refractivity contribution in [2.45, 2.75) is 32.4 Å². The van der Waals surface area contributed by atoms with E-state index in [1.54, 1.807) is 23.1 Å². The highest BCUT2D eigenvalue weighted by molar-refractivity contribution is 5.93. The standard InChI is InChI=1S/C17H18N6O/c1-12(23-11-3-9-18-23)17(24)19-14-7-5-13(6-8-14)16-21-20-15-4-2-10-22(15)16/h3,5-9,11-12H,2,4,10H2,1H3,(H,19,24)/t12-/m1/s1. The van der Waals surface area contributed by atoms with E-state index in [4.69, 9.17) is 0 Å². The number of hydrogen-bond donors (Lipinski definition) is 1. The smallest absolute Gasteiger partial charge is 0.248 e. The van der Waals surface area contributed by atoms with Crippen LogP contribution in [0.25, 0.3) is 11.4 Å². The fourth-order valence-corrected chi connectivity index (χ4v) is 2.94. The van der Waals surface area contributed by atoms with E-state index in [1.165, 1.54) is 0 Å². The zero-order chi connectivity index (χ0) is 16.5. The largest absolute Gasteiger partial charge is 0.324 e. The van der Waals surface area contributed by atoms with Gasteiger partial charge in [-0.15, -0.1) is 10.2 Å². The van der Waals surface area contributed by atoms with Gasteiger partial charge in [-0.05, 0) is 43.7 Å². The molecule has 7 heteroatoms. The molecule has 0 saturated carbocycles. The number of nitrogens with one attached hydrogen (secondary N) is 1. The number of hydrogen-bond acceptors (Lipinski definition) is 4. The van der Waals surface area contributed by atoms with Crippen LogP contribution in [0.1, 0.15) is 25.2 Å². The van der Waals surface area contributed by atoms with Gasteiger partial charge >= 0.3 is 0 Å². The van der Waals surface area contributed by atoms with E-state index < -0.39 is 0 Å². The molecule has 4 rings (SSSR count). The zero-order valence-electron chi connectivity index (χ0n) is 13.4. The summed E-state index contributed by atoms with van der Waals surface area (Å²) in [5.41, 5.74) is 1.76. The molecule has 1 aromatic carbocycles. The molecular weight excluding hydrogens is 304 g/mol. The van der Waals surface area contributed by atoms with E-state index in [1.807, 2.05) is 31.2 Å². The monoisotopic (exact) mass is 322 g/mol. The van der Waals surface area contributed by atoms with Gasteiger partial charge in [0.15, 0.2) is 5.82 Å². The van der Waals surface area contributed by atoms with E-state index in [0.29, 0.717) is 0 Å². The molecule has 0 saturated heterocycles. The predicted octanol–water partition coefficient (Wildman–Crippen LogP) is 2.29. The van der Waals surface area contributed by atoms with Crippen molar-refractivity contribution in [3.05, 3.63) is 48.5 Å². The van der Waals surface area contributed by atoms with E-state index in [0.717, 1.165) is 42.3 Å². The third-order valence-electron chi connectivity index (χ3n) is 4.32. The van der Waals surface area contributed by atoms with Crippen LogP contribution in [0, 0.1) is 0 Å². The Hall–Kier alpha value is -2.96. The Morgan fingerprint density at radius 3 is 2.83 bits per heavy atom. The second kappa shape index (κ2) is 5.92. The Morgan fingerprint density at radius 2 is 2.08 bits per heavy atom. The van der Waals surface area contributed by atoms with Crippen molar-refractivity contribution < 1.29 is 4.79 Å². The first-order valence-electron chi connectivity index (χ1n) is 8.05. The Balaban J connectivity index is 1.49. The molecule has 0 bridgehead atoms. The number of aromatic nitrogens is 5. The summed E-state index contributed by atoms with van der Waals surface area (Å²) in [5, 5.41) is 15.5. The van der Waals surface area contributed by atoms with Crippen molar-refractivity contribution in [3.8, 4) is 11.4 Å². The van der Waals surface area contributed by atoms with E-state index in [2.05, 4.69) is 25.2 Å². The fraction of sp³-hybridized carbons (Fsp3) is 0.294. The molecular formula is C17H18N6O. The van der Waals surface area contributed by atoms with Gasteiger partial charge in [-0.25, -0.2) is 0 Å². The molecule has 7 nitrogen and oxygen atoms in total. The summed E-state index contributed by atoms with van der Waals surface area (Å²) in [7, 11) is 0. The van der Waals surface area contributed by atoms with Crippen LogP contribution in [0.5, 0.6) is 0 Å². The number of anilines is 1. The summed E-state index contributed by atoms with van der Waals surface area (Å²) < 4.78 is 3.79. The third kappa shape index (κ3) is 2.58. The van der Waals surface area contributed by atoms with Crippen molar-refractivity contribution in [2.24, 2.45) is 0 Å². The van der Waals surface area contributed by atoms with Crippen LogP contribution in [-0.4, -0.2) is 30.5 Å². The first-order valence-corrected chi connectivity index (χ1v) is 8.05. The molecule has 2 aromatic heterocycles. The lowest BCUT2D eigenvalue weighted by molar-refractivity contribution is -0.119. The molecule has 1 aliphatic heterocycles. The molecule has 0 spiro atoms. The highest BCUT2D eigenvalue weighted by atomic mass is 16.2. The van der Waals surface area contributed by atoms with Crippen LogP contribution in [0.4, 0.5) is 5.69 Å². The molecule has 122 valence electrons. The number of carbonyl (C=O) groups excluding carboxylic acids is 1. The van der Waals surface area contributed by atoms with Crippen LogP contribution < -0.4 is 5.32 Å². The van der Waals surface area contributed by atoms with Gasteiger partial charge in [-0.2, -0.15) is 5.10 Å². The van der Waals surface area contributed by atoms with Crippen molar-refractivity contribution in [1.29, 1.82) is 0 Å². The van der Waals surface area contributed by atoms with E-state index in [-0.39, 0.29) is 11.9 Å². The van der Waals surface area contributed by atoms with Gasteiger partial charge in [-0.1, -0.05) is 0 Å². The molecule has 3 heterocycles. The van der Waals surface area contributed by atoms with Crippen molar-refractivity contribution in [2.75, 3.05) is 5.32 Å². The van der Waals surface area contributed by atoms with Crippen LogP contribution in [0.3, 0.4) is 0 Å². The summed E-state index contributed by atoms with van der Waals surface area (Å²) in [6, 6.07) is 9.14. The number of fused-ring (bicyclic) bond motifs is 1. The molecule has 0 radical (unpaired) electrons. The fourth-order valence-electron chi connectivity index (χ4n) is 2.94. The first-order chi connectivity index (χ1) is 11.7. The second-order valence-electron chi connectivity index (χ2n) is 5.92. The molecule has 1 aliphatic rings. The Kier molecular flexibility index (Phi) is 3.60. The SMILES string of the molecule is C[C@H](C(=O)Nc1ccc(-c2nnc3n2CCC3)cc1)n1cccn1. The summed E-state index contributed by atoms with van der Waals surface area (Å²) in [4.78, 5) is 12.3. The summed E-state index contributed by atoms with van der Waals surface area (Å²) in [5.74, 6) is 1.84. The van der Waals surface area contributed by atoms with Gasteiger partial charge in [0.25, 0.3) is 0 Å². The van der Waals surface area contributed by atoms with Crippen LogP contribution in [0.2, 0.25) is 0 Å². The van der Waals surface area contributed by atoms with Gasteiger partial charge < -0.3 is 9.88 Å². The maximum Gasteiger partial charge on any atom is 0.248 e. The summed E-state index contributed by atoms with van der Waals surface area (Å²) in [6.45, 7) is 2.79. The molecule has 24 heavy (non-hydrogen) atoms. The van der Waals surface area contributed by atoms with Crippen molar-refractivity contribution in [1.82, 2.24) is 24.5 Å². The average molecular weight is 322 g/mol. The Bertz CT molecular complexity index is 850. The first kappa shape index (κ1) is 14.6.